The van der Waals surface area contributed by atoms with Crippen molar-refractivity contribution in [2.24, 2.45) is 0 Å². The van der Waals surface area contributed by atoms with Crippen LogP contribution in [0.2, 0.25) is 0 Å². The van der Waals surface area contributed by atoms with E-state index in [9.17, 15) is 4.79 Å². The second kappa shape index (κ2) is 6.66. The summed E-state index contributed by atoms with van der Waals surface area (Å²) in [4.78, 5) is 28.2. The Kier molecular flexibility index (Phi) is 3.86. The van der Waals surface area contributed by atoms with E-state index in [1.54, 1.807) is 40.5 Å². The topological polar surface area (TPSA) is 89.7 Å². The second-order valence-corrected chi connectivity index (χ2v) is 6.46. The van der Waals surface area contributed by atoms with Gasteiger partial charge in [-0.15, -0.1) is 10.2 Å². The number of carbonyl (C=O) groups is 1. The number of hydrogen-bond acceptors (Lipinski definition) is 6. The largest absolute Gasteiger partial charge is 0.328 e. The smallest absolute Gasteiger partial charge is 0.254 e. The maximum absolute atomic E-state index is 13.0. The third-order valence-corrected chi connectivity index (χ3v) is 4.65. The summed E-state index contributed by atoms with van der Waals surface area (Å²) < 4.78 is 1.66. The van der Waals surface area contributed by atoms with E-state index >= 15 is 0 Å². The number of amides is 1. The molecule has 0 saturated heterocycles. The number of benzene rings is 1. The summed E-state index contributed by atoms with van der Waals surface area (Å²) in [5.41, 5.74) is 3.38. The molecular formula is C20H15N7O. The first-order valence-corrected chi connectivity index (χ1v) is 8.78. The molecule has 136 valence electrons. The Morgan fingerprint density at radius 1 is 0.964 bits per heavy atom. The molecule has 1 aliphatic heterocycles. The maximum atomic E-state index is 13.0. The average molecular weight is 369 g/mol. The molecule has 1 amide bonds. The van der Waals surface area contributed by atoms with E-state index in [0.717, 1.165) is 16.8 Å². The molecular weight excluding hydrogens is 354 g/mol. The SMILES string of the molecule is O=C(c1ccnc(-n2cnnc2)c1)N1Cc2cnc(-c3ccccc3)nc2C1. The molecule has 28 heavy (non-hydrogen) atoms. The van der Waals surface area contributed by atoms with Gasteiger partial charge in [-0.3, -0.25) is 9.36 Å². The molecule has 3 aromatic heterocycles. The van der Waals surface area contributed by atoms with Gasteiger partial charge in [0, 0.05) is 35.6 Å². The molecule has 8 nitrogen and oxygen atoms in total. The predicted molar refractivity (Wildman–Crippen MR) is 100 cm³/mol. The Balaban J connectivity index is 1.39. The fourth-order valence-electron chi connectivity index (χ4n) is 3.22. The summed E-state index contributed by atoms with van der Waals surface area (Å²) in [7, 11) is 0. The number of aromatic nitrogens is 6. The highest BCUT2D eigenvalue weighted by Crippen LogP contribution is 2.25. The van der Waals surface area contributed by atoms with Crippen molar-refractivity contribution in [1.82, 2.24) is 34.6 Å². The van der Waals surface area contributed by atoms with Crippen LogP contribution < -0.4 is 0 Å². The van der Waals surface area contributed by atoms with Gasteiger partial charge >= 0.3 is 0 Å². The number of fused-ring (bicyclic) bond motifs is 1. The summed E-state index contributed by atoms with van der Waals surface area (Å²) in [5.74, 6) is 1.20. The molecule has 5 rings (SSSR count). The average Bonchev–Trinajstić information content (AvgIpc) is 3.43. The number of hydrogen-bond donors (Lipinski definition) is 0. The number of nitrogens with zero attached hydrogens (tertiary/aromatic N) is 7. The van der Waals surface area contributed by atoms with Gasteiger partial charge in [0.15, 0.2) is 5.82 Å². The lowest BCUT2D eigenvalue weighted by atomic mass is 10.2. The highest BCUT2D eigenvalue weighted by molar-refractivity contribution is 5.94. The standard InChI is InChI=1S/C20H15N7O/c28-20(15-6-7-21-18(8-15)27-12-23-24-13-27)26-10-16-9-22-19(25-17(16)11-26)14-4-2-1-3-5-14/h1-9,12-13H,10-11H2. The second-order valence-electron chi connectivity index (χ2n) is 6.46. The predicted octanol–water partition coefficient (Wildman–Crippen LogP) is 2.28. The Morgan fingerprint density at radius 2 is 1.79 bits per heavy atom. The van der Waals surface area contributed by atoms with E-state index in [4.69, 9.17) is 0 Å². The minimum Gasteiger partial charge on any atom is -0.328 e. The fraction of sp³-hybridized carbons (Fsp3) is 0.100. The van der Waals surface area contributed by atoms with Crippen molar-refractivity contribution in [2.45, 2.75) is 13.1 Å². The van der Waals surface area contributed by atoms with Crippen LogP contribution in [0.15, 0.2) is 67.5 Å². The first-order valence-electron chi connectivity index (χ1n) is 8.78. The zero-order valence-electron chi connectivity index (χ0n) is 14.8. The summed E-state index contributed by atoms with van der Waals surface area (Å²) in [6.45, 7) is 0.953. The highest BCUT2D eigenvalue weighted by Gasteiger charge is 2.26. The molecule has 1 aromatic carbocycles. The van der Waals surface area contributed by atoms with Crippen molar-refractivity contribution in [3.8, 4) is 17.2 Å². The van der Waals surface area contributed by atoms with Crippen molar-refractivity contribution >= 4 is 5.91 Å². The molecule has 0 fully saturated rings. The van der Waals surface area contributed by atoms with Crippen molar-refractivity contribution in [2.75, 3.05) is 0 Å². The molecule has 0 atom stereocenters. The summed E-state index contributed by atoms with van der Waals surface area (Å²) in [6.07, 6.45) is 6.51. The third-order valence-electron chi connectivity index (χ3n) is 4.65. The summed E-state index contributed by atoms with van der Waals surface area (Å²) >= 11 is 0. The molecule has 4 aromatic rings. The molecule has 0 aliphatic carbocycles. The molecule has 4 heterocycles. The first-order chi connectivity index (χ1) is 13.8. The Hall–Kier alpha value is -3.94. The molecule has 1 aliphatic rings. The van der Waals surface area contributed by atoms with Crippen LogP contribution in [0.5, 0.6) is 0 Å². The van der Waals surface area contributed by atoms with E-state index in [-0.39, 0.29) is 5.91 Å². The van der Waals surface area contributed by atoms with E-state index in [1.807, 2.05) is 36.5 Å². The van der Waals surface area contributed by atoms with Gasteiger partial charge in [-0.05, 0) is 12.1 Å². The van der Waals surface area contributed by atoms with Gasteiger partial charge in [0.25, 0.3) is 5.91 Å². The Labute approximate surface area is 160 Å². The quantitative estimate of drug-likeness (QED) is 0.550. The lowest BCUT2D eigenvalue weighted by Gasteiger charge is -2.15. The van der Waals surface area contributed by atoms with Crippen molar-refractivity contribution in [1.29, 1.82) is 0 Å². The minimum atomic E-state index is -0.0732. The molecule has 8 heteroatoms. The van der Waals surface area contributed by atoms with Crippen LogP contribution in [0.3, 0.4) is 0 Å². The lowest BCUT2D eigenvalue weighted by molar-refractivity contribution is 0.0750. The van der Waals surface area contributed by atoms with Gasteiger partial charge < -0.3 is 4.90 Å². The molecule has 0 bridgehead atoms. The van der Waals surface area contributed by atoms with E-state index in [1.165, 1.54) is 0 Å². The van der Waals surface area contributed by atoms with E-state index < -0.39 is 0 Å². The zero-order chi connectivity index (χ0) is 18.9. The summed E-state index contributed by atoms with van der Waals surface area (Å²) in [5, 5.41) is 7.55. The van der Waals surface area contributed by atoms with Crippen molar-refractivity contribution in [3.63, 3.8) is 0 Å². The van der Waals surface area contributed by atoms with Crippen molar-refractivity contribution in [3.05, 3.63) is 84.3 Å². The van der Waals surface area contributed by atoms with Crippen LogP contribution in [-0.2, 0) is 13.1 Å². The number of rotatable bonds is 3. The van der Waals surface area contributed by atoms with Gasteiger partial charge in [-0.1, -0.05) is 30.3 Å². The number of carbonyl (C=O) groups excluding carboxylic acids is 1. The molecule has 0 unspecified atom stereocenters. The van der Waals surface area contributed by atoms with Crippen LogP contribution in [0, 0.1) is 0 Å². The Bertz CT molecular complexity index is 1140. The molecule has 0 radical (unpaired) electrons. The van der Waals surface area contributed by atoms with Crippen LogP contribution in [0.25, 0.3) is 17.2 Å². The molecule has 0 spiro atoms. The Morgan fingerprint density at radius 3 is 2.61 bits per heavy atom. The van der Waals surface area contributed by atoms with Crippen LogP contribution >= 0.6 is 0 Å². The fourth-order valence-corrected chi connectivity index (χ4v) is 3.22. The highest BCUT2D eigenvalue weighted by atomic mass is 16.2. The summed E-state index contributed by atoms with van der Waals surface area (Å²) in [6, 6.07) is 13.3. The zero-order valence-corrected chi connectivity index (χ0v) is 14.8. The minimum absolute atomic E-state index is 0.0732. The van der Waals surface area contributed by atoms with Gasteiger partial charge in [0.2, 0.25) is 0 Å². The first kappa shape index (κ1) is 16.2. The normalized spacial score (nSPS) is 12.8. The maximum Gasteiger partial charge on any atom is 0.254 e. The van der Waals surface area contributed by atoms with Crippen LogP contribution in [0.4, 0.5) is 0 Å². The van der Waals surface area contributed by atoms with Crippen molar-refractivity contribution < 1.29 is 4.79 Å². The molecule has 0 saturated carbocycles. The number of pyridine rings is 1. The van der Waals surface area contributed by atoms with E-state index in [0.29, 0.717) is 30.3 Å². The monoisotopic (exact) mass is 369 g/mol. The van der Waals surface area contributed by atoms with Gasteiger partial charge in [0.05, 0.1) is 12.2 Å². The van der Waals surface area contributed by atoms with Crippen LogP contribution in [0.1, 0.15) is 21.6 Å². The van der Waals surface area contributed by atoms with Gasteiger partial charge in [0.1, 0.15) is 18.5 Å². The molecule has 0 N–H and O–H groups in total. The van der Waals surface area contributed by atoms with E-state index in [2.05, 4.69) is 25.1 Å². The third kappa shape index (κ3) is 2.90. The van der Waals surface area contributed by atoms with Gasteiger partial charge in [-0.25, -0.2) is 15.0 Å². The van der Waals surface area contributed by atoms with Crippen LogP contribution in [-0.4, -0.2) is 40.5 Å². The lowest BCUT2D eigenvalue weighted by Crippen LogP contribution is -2.25. The van der Waals surface area contributed by atoms with Gasteiger partial charge in [-0.2, -0.15) is 0 Å².